The molecule has 0 saturated heterocycles. The van der Waals surface area contributed by atoms with Crippen LogP contribution in [0.15, 0.2) is 0 Å². The molecule has 0 aliphatic heterocycles. The fourth-order valence-corrected chi connectivity index (χ4v) is 3.48. The summed E-state index contributed by atoms with van der Waals surface area (Å²) in [6.45, 7) is 0.894. The van der Waals surface area contributed by atoms with E-state index in [-0.39, 0.29) is 0 Å². The first-order valence-corrected chi connectivity index (χ1v) is 7.71. The van der Waals surface area contributed by atoms with Crippen molar-refractivity contribution in [3.05, 3.63) is 0 Å². The second-order valence-corrected chi connectivity index (χ2v) is 5.90. The van der Waals surface area contributed by atoms with Crippen LogP contribution in [0.4, 0.5) is 0 Å². The molecule has 2 unspecified atom stereocenters. The Morgan fingerprint density at radius 3 is 2.60 bits per heavy atom. The largest absolute Gasteiger partial charge is 0.356 e. The Balaban J connectivity index is 1.54. The van der Waals surface area contributed by atoms with Gasteiger partial charge in [0.25, 0.3) is 0 Å². The van der Waals surface area contributed by atoms with E-state index in [1.54, 1.807) is 0 Å². The smallest absolute Gasteiger partial charge is 0.223 e. The summed E-state index contributed by atoms with van der Waals surface area (Å²) in [6, 6.07) is 0. The topological polar surface area (TPSA) is 29.1 Å². The van der Waals surface area contributed by atoms with Crippen LogP contribution in [0.5, 0.6) is 0 Å². The lowest BCUT2D eigenvalue weighted by molar-refractivity contribution is -0.123. The molecule has 2 aliphatic carbocycles. The number of hydrogen-bond acceptors (Lipinski definition) is 1. The van der Waals surface area contributed by atoms with Crippen molar-refractivity contribution in [2.24, 2.45) is 17.8 Å². The zero-order chi connectivity index (χ0) is 10.7. The van der Waals surface area contributed by atoms with Crippen LogP contribution < -0.4 is 5.32 Å². The van der Waals surface area contributed by atoms with Gasteiger partial charge in [-0.25, -0.2) is 0 Å². The molecule has 2 aliphatic rings. The Labute approximate surface area is 106 Å². The van der Waals surface area contributed by atoms with E-state index < -0.39 is 0 Å². The molecule has 0 heterocycles. The zero-order valence-electron chi connectivity index (χ0n) is 9.18. The maximum atomic E-state index is 11.7. The molecule has 0 radical (unpaired) electrons. The lowest BCUT2D eigenvalue weighted by Crippen LogP contribution is -2.27. The number of nitrogens with one attached hydrogen (secondary N) is 1. The Morgan fingerprint density at radius 2 is 1.93 bits per heavy atom. The second kappa shape index (κ2) is 5.51. The molecule has 0 aromatic rings. The average molecular weight is 321 g/mol. The Bertz CT molecular complexity index is 222. The van der Waals surface area contributed by atoms with Crippen molar-refractivity contribution >= 4 is 28.5 Å². The minimum atomic E-state index is 0.346. The summed E-state index contributed by atoms with van der Waals surface area (Å²) in [4.78, 5) is 11.7. The van der Waals surface area contributed by atoms with Gasteiger partial charge < -0.3 is 5.32 Å². The summed E-state index contributed by atoms with van der Waals surface area (Å²) >= 11 is 2.40. The Morgan fingerprint density at radius 1 is 1.20 bits per heavy atom. The second-order valence-electron chi connectivity index (χ2n) is 4.83. The summed E-state index contributed by atoms with van der Waals surface area (Å²) in [5, 5.41) is 3.09. The van der Waals surface area contributed by atoms with Gasteiger partial charge in [-0.05, 0) is 41.9 Å². The number of carbonyl (C=O) groups excluding carboxylic acids is 1. The number of rotatable bonds is 6. The highest BCUT2D eigenvalue weighted by atomic mass is 127. The summed E-state index contributed by atoms with van der Waals surface area (Å²) in [5.41, 5.74) is 0. The molecule has 2 nitrogen and oxygen atoms in total. The number of carbonyl (C=O) groups is 1. The molecule has 0 bridgehead atoms. The number of unbranched alkanes of at least 4 members (excludes halogenated alkanes) is 2. The van der Waals surface area contributed by atoms with Crippen molar-refractivity contribution < 1.29 is 4.79 Å². The molecule has 1 N–H and O–H groups in total. The van der Waals surface area contributed by atoms with Gasteiger partial charge in [-0.2, -0.15) is 0 Å². The van der Waals surface area contributed by atoms with Crippen LogP contribution in [0.1, 0.15) is 38.5 Å². The van der Waals surface area contributed by atoms with E-state index in [9.17, 15) is 4.79 Å². The van der Waals surface area contributed by atoms with Gasteiger partial charge in [0, 0.05) is 12.5 Å². The highest BCUT2D eigenvalue weighted by molar-refractivity contribution is 14.1. The number of alkyl halides is 1. The molecule has 86 valence electrons. The van der Waals surface area contributed by atoms with Crippen LogP contribution >= 0.6 is 22.6 Å². The maximum absolute atomic E-state index is 11.7. The minimum Gasteiger partial charge on any atom is -0.356 e. The molecule has 15 heavy (non-hydrogen) atoms. The van der Waals surface area contributed by atoms with Gasteiger partial charge in [-0.3, -0.25) is 4.79 Å². The van der Waals surface area contributed by atoms with Gasteiger partial charge in [0.15, 0.2) is 0 Å². The van der Waals surface area contributed by atoms with Gasteiger partial charge in [0.2, 0.25) is 5.91 Å². The molecule has 3 heteroatoms. The molecule has 2 fully saturated rings. The molecule has 2 rings (SSSR count). The summed E-state index contributed by atoms with van der Waals surface area (Å²) < 4.78 is 1.23. The first kappa shape index (κ1) is 11.7. The number of halogens is 1. The molecular weight excluding hydrogens is 301 g/mol. The van der Waals surface area contributed by atoms with Gasteiger partial charge in [-0.15, -0.1) is 0 Å². The average Bonchev–Trinajstić information content (AvgIpc) is 2.72. The summed E-state index contributed by atoms with van der Waals surface area (Å²) in [6.07, 6.45) is 7.65. The van der Waals surface area contributed by atoms with Crippen molar-refractivity contribution in [2.75, 3.05) is 11.0 Å². The minimum absolute atomic E-state index is 0.346. The van der Waals surface area contributed by atoms with Gasteiger partial charge in [0.05, 0.1) is 0 Å². The normalized spacial score (nSPS) is 32.5. The molecule has 1 amide bonds. The first-order valence-electron chi connectivity index (χ1n) is 6.18. The van der Waals surface area contributed by atoms with Crippen molar-refractivity contribution in [2.45, 2.75) is 38.5 Å². The first-order chi connectivity index (χ1) is 7.34. The van der Waals surface area contributed by atoms with Crippen molar-refractivity contribution in [3.8, 4) is 0 Å². The van der Waals surface area contributed by atoms with E-state index in [4.69, 9.17) is 0 Å². The lowest BCUT2D eigenvalue weighted by Gasteiger charge is -2.05. The maximum Gasteiger partial charge on any atom is 0.223 e. The Kier molecular flexibility index (Phi) is 4.29. The summed E-state index contributed by atoms with van der Waals surface area (Å²) in [5.74, 6) is 2.28. The standard InChI is InChI=1S/C12H20INO/c13-7-2-1-3-8-14-12(15)11-9-5-4-6-10(9)11/h9-11H,1-8H2,(H,14,15). The molecule has 2 saturated carbocycles. The van der Waals surface area contributed by atoms with Crippen molar-refractivity contribution in [3.63, 3.8) is 0 Å². The van der Waals surface area contributed by atoms with E-state index in [1.165, 1.54) is 36.5 Å². The zero-order valence-corrected chi connectivity index (χ0v) is 11.3. The van der Waals surface area contributed by atoms with Crippen LogP contribution in [0.25, 0.3) is 0 Å². The Hall–Kier alpha value is 0.200. The fourth-order valence-electron chi connectivity index (χ4n) is 2.94. The third kappa shape index (κ3) is 2.86. The van der Waals surface area contributed by atoms with Crippen LogP contribution in [-0.4, -0.2) is 16.9 Å². The molecule has 0 aromatic carbocycles. The van der Waals surface area contributed by atoms with E-state index in [1.807, 2.05) is 0 Å². The quantitative estimate of drug-likeness (QED) is 0.455. The lowest BCUT2D eigenvalue weighted by atomic mass is 10.1. The number of fused-ring (bicyclic) bond motifs is 1. The van der Waals surface area contributed by atoms with Crippen LogP contribution in [-0.2, 0) is 4.79 Å². The van der Waals surface area contributed by atoms with Crippen LogP contribution in [0, 0.1) is 17.8 Å². The summed E-state index contributed by atoms with van der Waals surface area (Å²) in [7, 11) is 0. The third-order valence-electron chi connectivity index (χ3n) is 3.82. The third-order valence-corrected chi connectivity index (χ3v) is 4.58. The number of amides is 1. The van der Waals surface area contributed by atoms with E-state index in [2.05, 4.69) is 27.9 Å². The highest BCUT2D eigenvalue weighted by Gasteiger charge is 2.56. The van der Waals surface area contributed by atoms with Crippen molar-refractivity contribution in [1.82, 2.24) is 5.32 Å². The van der Waals surface area contributed by atoms with Gasteiger partial charge in [-0.1, -0.05) is 35.4 Å². The molecular formula is C12H20INO. The van der Waals surface area contributed by atoms with Crippen molar-refractivity contribution in [1.29, 1.82) is 0 Å². The SMILES string of the molecule is O=C(NCCCCCI)C1C2CCCC21. The predicted molar refractivity (Wildman–Crippen MR) is 70.1 cm³/mol. The van der Waals surface area contributed by atoms with E-state index in [0.29, 0.717) is 11.8 Å². The fraction of sp³-hybridized carbons (Fsp3) is 0.917. The van der Waals surface area contributed by atoms with Crippen LogP contribution in [0.2, 0.25) is 0 Å². The van der Waals surface area contributed by atoms with Crippen LogP contribution in [0.3, 0.4) is 0 Å². The van der Waals surface area contributed by atoms with Gasteiger partial charge in [0.1, 0.15) is 0 Å². The van der Waals surface area contributed by atoms with Gasteiger partial charge >= 0.3 is 0 Å². The molecule has 0 aromatic heterocycles. The number of hydrogen-bond donors (Lipinski definition) is 1. The highest BCUT2D eigenvalue weighted by Crippen LogP contribution is 2.57. The van der Waals surface area contributed by atoms with E-state index in [0.717, 1.165) is 24.8 Å². The van der Waals surface area contributed by atoms with E-state index >= 15 is 0 Å². The predicted octanol–water partition coefficient (Wildman–Crippen LogP) is 2.75. The monoisotopic (exact) mass is 321 g/mol. The molecule has 0 spiro atoms. The molecule has 2 atom stereocenters.